The molecule has 0 radical (unpaired) electrons. The predicted octanol–water partition coefficient (Wildman–Crippen LogP) is 1.54. The SMILES string of the molecule is CCCC[C@H](NS(=O)(=O)Cc1cccc(C(=O)OC)c1)C(=O)O. The normalized spacial score (nSPS) is 12.6. The maximum Gasteiger partial charge on any atom is 0.337 e. The number of carboxylic acids is 1. The molecule has 23 heavy (non-hydrogen) atoms. The Labute approximate surface area is 135 Å². The van der Waals surface area contributed by atoms with Gasteiger partial charge in [-0.25, -0.2) is 17.9 Å². The highest BCUT2D eigenvalue weighted by molar-refractivity contribution is 7.88. The zero-order valence-electron chi connectivity index (χ0n) is 13.1. The quantitative estimate of drug-likeness (QED) is 0.658. The minimum absolute atomic E-state index is 0.229. The summed E-state index contributed by atoms with van der Waals surface area (Å²) in [4.78, 5) is 22.6. The van der Waals surface area contributed by atoms with Gasteiger partial charge in [0.15, 0.2) is 0 Å². The Morgan fingerprint density at radius 2 is 2.04 bits per heavy atom. The van der Waals surface area contributed by atoms with E-state index in [1.54, 1.807) is 12.1 Å². The molecule has 1 rings (SSSR count). The highest BCUT2D eigenvalue weighted by Crippen LogP contribution is 2.11. The Morgan fingerprint density at radius 3 is 2.61 bits per heavy atom. The number of ether oxygens (including phenoxy) is 1. The molecule has 8 heteroatoms. The first-order chi connectivity index (χ1) is 10.8. The molecular formula is C15H21NO6S. The third kappa shape index (κ3) is 6.37. The van der Waals surface area contributed by atoms with Crippen LogP contribution in [0.4, 0.5) is 0 Å². The molecule has 0 aromatic heterocycles. The summed E-state index contributed by atoms with van der Waals surface area (Å²) in [6, 6.07) is 4.86. The van der Waals surface area contributed by atoms with E-state index in [1.807, 2.05) is 6.92 Å². The Morgan fingerprint density at radius 1 is 1.35 bits per heavy atom. The molecule has 7 nitrogen and oxygen atoms in total. The van der Waals surface area contributed by atoms with Gasteiger partial charge in [-0.3, -0.25) is 4.79 Å². The maximum atomic E-state index is 12.1. The summed E-state index contributed by atoms with van der Waals surface area (Å²) in [5, 5.41) is 9.09. The van der Waals surface area contributed by atoms with Crippen molar-refractivity contribution >= 4 is 22.0 Å². The number of carbonyl (C=O) groups excluding carboxylic acids is 1. The monoisotopic (exact) mass is 343 g/mol. The number of aliphatic carboxylic acids is 1. The third-order valence-corrected chi connectivity index (χ3v) is 4.53. The van der Waals surface area contributed by atoms with Crippen molar-refractivity contribution in [1.82, 2.24) is 4.72 Å². The number of carboxylic acid groups (broad SMARTS) is 1. The molecular weight excluding hydrogens is 322 g/mol. The van der Waals surface area contributed by atoms with Crippen LogP contribution in [0.5, 0.6) is 0 Å². The Balaban J connectivity index is 2.85. The van der Waals surface area contributed by atoms with Gasteiger partial charge in [0.1, 0.15) is 6.04 Å². The second-order valence-corrected chi connectivity index (χ2v) is 6.86. The second kappa shape index (κ2) is 8.64. The van der Waals surface area contributed by atoms with E-state index in [1.165, 1.54) is 19.2 Å². The van der Waals surface area contributed by atoms with E-state index in [9.17, 15) is 18.0 Å². The average molecular weight is 343 g/mol. The molecule has 1 atom stereocenters. The highest BCUT2D eigenvalue weighted by atomic mass is 32.2. The first-order valence-corrected chi connectivity index (χ1v) is 8.84. The topological polar surface area (TPSA) is 110 Å². The van der Waals surface area contributed by atoms with Gasteiger partial charge in [0, 0.05) is 0 Å². The van der Waals surface area contributed by atoms with E-state index in [0.29, 0.717) is 12.0 Å². The Kier molecular flexibility index (Phi) is 7.18. The van der Waals surface area contributed by atoms with Gasteiger partial charge in [-0.15, -0.1) is 0 Å². The van der Waals surface area contributed by atoms with Gasteiger partial charge >= 0.3 is 11.9 Å². The van der Waals surface area contributed by atoms with E-state index in [-0.39, 0.29) is 12.0 Å². The zero-order valence-corrected chi connectivity index (χ0v) is 13.9. The third-order valence-electron chi connectivity index (χ3n) is 3.17. The molecule has 2 N–H and O–H groups in total. The lowest BCUT2D eigenvalue weighted by molar-refractivity contribution is -0.139. The molecule has 0 saturated carbocycles. The minimum Gasteiger partial charge on any atom is -0.480 e. The first-order valence-electron chi connectivity index (χ1n) is 7.19. The molecule has 0 bridgehead atoms. The number of esters is 1. The molecule has 0 fully saturated rings. The summed E-state index contributed by atoms with van der Waals surface area (Å²) in [6.07, 6.45) is 1.61. The lowest BCUT2D eigenvalue weighted by atomic mass is 10.1. The van der Waals surface area contributed by atoms with E-state index in [0.717, 1.165) is 6.42 Å². The van der Waals surface area contributed by atoms with E-state index in [2.05, 4.69) is 9.46 Å². The molecule has 0 amide bonds. The highest BCUT2D eigenvalue weighted by Gasteiger charge is 2.23. The van der Waals surface area contributed by atoms with Crippen LogP contribution in [0.3, 0.4) is 0 Å². The minimum atomic E-state index is -3.84. The summed E-state index contributed by atoms with van der Waals surface area (Å²) >= 11 is 0. The summed E-state index contributed by atoms with van der Waals surface area (Å²) < 4.78 is 31.1. The van der Waals surface area contributed by atoms with Crippen molar-refractivity contribution in [2.45, 2.75) is 38.0 Å². The van der Waals surface area contributed by atoms with Gasteiger partial charge in [0.05, 0.1) is 18.4 Å². The van der Waals surface area contributed by atoms with Gasteiger partial charge < -0.3 is 9.84 Å². The molecule has 0 unspecified atom stereocenters. The van der Waals surface area contributed by atoms with Crippen LogP contribution in [-0.2, 0) is 25.3 Å². The van der Waals surface area contributed by atoms with Crippen molar-refractivity contribution in [2.75, 3.05) is 7.11 Å². The van der Waals surface area contributed by atoms with Crippen molar-refractivity contribution in [3.8, 4) is 0 Å². The van der Waals surface area contributed by atoms with Crippen molar-refractivity contribution in [2.24, 2.45) is 0 Å². The summed E-state index contributed by atoms with van der Waals surface area (Å²) in [5.74, 6) is -2.18. The number of hydrogen-bond donors (Lipinski definition) is 2. The largest absolute Gasteiger partial charge is 0.480 e. The van der Waals surface area contributed by atoms with Crippen LogP contribution in [-0.4, -0.2) is 38.6 Å². The molecule has 1 aromatic rings. The summed E-state index contributed by atoms with van der Waals surface area (Å²) in [7, 11) is -2.61. The standard InChI is InChI=1S/C15H21NO6S/c1-3-4-8-13(14(17)18)16-23(20,21)10-11-6-5-7-12(9-11)15(19)22-2/h5-7,9,13,16H,3-4,8,10H2,1-2H3,(H,17,18)/t13-/m0/s1. The van der Waals surface area contributed by atoms with Gasteiger partial charge in [-0.05, 0) is 24.1 Å². The van der Waals surface area contributed by atoms with E-state index < -0.39 is 33.8 Å². The van der Waals surface area contributed by atoms with Crippen LogP contribution in [0.1, 0.15) is 42.1 Å². The van der Waals surface area contributed by atoms with E-state index in [4.69, 9.17) is 5.11 Å². The molecule has 0 aliphatic carbocycles. The lowest BCUT2D eigenvalue weighted by Crippen LogP contribution is -2.41. The van der Waals surface area contributed by atoms with Gasteiger partial charge in [0.25, 0.3) is 0 Å². The van der Waals surface area contributed by atoms with Crippen LogP contribution in [0, 0.1) is 0 Å². The van der Waals surface area contributed by atoms with Crippen LogP contribution in [0.2, 0.25) is 0 Å². The number of carbonyl (C=O) groups is 2. The van der Waals surface area contributed by atoms with Crippen LogP contribution < -0.4 is 4.72 Å². The predicted molar refractivity (Wildman–Crippen MR) is 84.5 cm³/mol. The first kappa shape index (κ1) is 19.1. The Bertz CT molecular complexity index is 656. The van der Waals surface area contributed by atoms with Crippen molar-refractivity contribution in [3.63, 3.8) is 0 Å². The smallest absolute Gasteiger partial charge is 0.337 e. The van der Waals surface area contributed by atoms with Crippen LogP contribution in [0.25, 0.3) is 0 Å². The van der Waals surface area contributed by atoms with Crippen LogP contribution >= 0.6 is 0 Å². The number of unbranched alkanes of at least 4 members (excludes halogenated alkanes) is 1. The number of benzene rings is 1. The molecule has 0 heterocycles. The second-order valence-electron chi connectivity index (χ2n) is 5.10. The number of rotatable bonds is 9. The van der Waals surface area contributed by atoms with Crippen LogP contribution in [0.15, 0.2) is 24.3 Å². The maximum absolute atomic E-state index is 12.1. The summed E-state index contributed by atoms with van der Waals surface area (Å²) in [5.41, 5.74) is 0.612. The molecule has 0 spiro atoms. The van der Waals surface area contributed by atoms with Gasteiger partial charge in [0.2, 0.25) is 10.0 Å². The van der Waals surface area contributed by atoms with Crippen molar-refractivity contribution in [1.29, 1.82) is 0 Å². The molecule has 0 aliphatic rings. The summed E-state index contributed by atoms with van der Waals surface area (Å²) in [6.45, 7) is 1.89. The van der Waals surface area contributed by atoms with E-state index >= 15 is 0 Å². The number of nitrogens with one attached hydrogen (secondary N) is 1. The van der Waals surface area contributed by atoms with Gasteiger partial charge in [-0.2, -0.15) is 0 Å². The fourth-order valence-electron chi connectivity index (χ4n) is 2.02. The number of sulfonamides is 1. The fraction of sp³-hybridized carbons (Fsp3) is 0.467. The lowest BCUT2D eigenvalue weighted by Gasteiger charge is -2.14. The molecule has 128 valence electrons. The fourth-order valence-corrected chi connectivity index (χ4v) is 3.38. The molecule has 1 aromatic carbocycles. The van der Waals surface area contributed by atoms with Crippen molar-refractivity contribution in [3.05, 3.63) is 35.4 Å². The Hall–Kier alpha value is -1.93. The van der Waals surface area contributed by atoms with Crippen molar-refractivity contribution < 1.29 is 27.9 Å². The number of hydrogen-bond acceptors (Lipinski definition) is 5. The average Bonchev–Trinajstić information content (AvgIpc) is 2.50. The van der Waals surface area contributed by atoms with Gasteiger partial charge in [-0.1, -0.05) is 31.9 Å². The zero-order chi connectivity index (χ0) is 17.5. The molecule has 0 saturated heterocycles. The molecule has 0 aliphatic heterocycles. The number of methoxy groups -OCH3 is 1.